The lowest BCUT2D eigenvalue weighted by Crippen LogP contribution is -2.24. The number of nitrogens with one attached hydrogen (secondary N) is 1. The molecular weight excluding hydrogens is 409 g/mol. The molecule has 0 aliphatic heterocycles. The van der Waals surface area contributed by atoms with Crippen molar-refractivity contribution in [1.82, 2.24) is 20.0 Å². The van der Waals surface area contributed by atoms with Gasteiger partial charge in [0, 0.05) is 30.4 Å². The molecule has 0 radical (unpaired) electrons. The summed E-state index contributed by atoms with van der Waals surface area (Å²) in [6.45, 7) is 1.59. The van der Waals surface area contributed by atoms with E-state index in [9.17, 15) is 18.0 Å². The van der Waals surface area contributed by atoms with Gasteiger partial charge >= 0.3 is 6.18 Å². The number of rotatable bonds is 8. The average Bonchev–Trinajstić information content (AvgIpc) is 3.23. The summed E-state index contributed by atoms with van der Waals surface area (Å²) in [6.07, 6.45) is -3.28. The first-order valence-corrected chi connectivity index (χ1v) is 9.61. The van der Waals surface area contributed by atoms with Crippen molar-refractivity contribution in [1.29, 1.82) is 0 Å². The molecule has 1 aromatic heterocycles. The lowest BCUT2D eigenvalue weighted by molar-refractivity contribution is -0.141. The average molecular weight is 432 g/mol. The van der Waals surface area contributed by atoms with Gasteiger partial charge in [0.05, 0.1) is 5.69 Å². The van der Waals surface area contributed by atoms with E-state index in [4.69, 9.17) is 4.74 Å². The van der Waals surface area contributed by atoms with Crippen LogP contribution in [0.5, 0.6) is 5.75 Å². The van der Waals surface area contributed by atoms with E-state index in [2.05, 4.69) is 10.4 Å². The number of hydrogen-bond acceptors (Lipinski definition) is 4. The Hall–Kier alpha value is -3.33. The lowest BCUT2D eigenvalue weighted by Gasteiger charge is -2.14. The van der Waals surface area contributed by atoms with E-state index in [-0.39, 0.29) is 12.5 Å². The molecule has 1 amide bonds. The van der Waals surface area contributed by atoms with Crippen molar-refractivity contribution >= 4 is 5.91 Å². The van der Waals surface area contributed by atoms with E-state index >= 15 is 0 Å². The largest absolute Gasteiger partial charge is 0.492 e. The Kier molecular flexibility index (Phi) is 6.96. The molecule has 0 spiro atoms. The maximum Gasteiger partial charge on any atom is 0.435 e. The van der Waals surface area contributed by atoms with E-state index in [1.54, 1.807) is 24.3 Å². The predicted octanol–water partition coefficient (Wildman–Crippen LogP) is 3.76. The molecule has 3 rings (SSSR count). The zero-order valence-electron chi connectivity index (χ0n) is 17.2. The summed E-state index contributed by atoms with van der Waals surface area (Å²) in [6, 6.07) is 14.5. The van der Waals surface area contributed by atoms with Gasteiger partial charge in [-0.25, -0.2) is 4.68 Å². The zero-order chi connectivity index (χ0) is 22.4. The second kappa shape index (κ2) is 9.65. The zero-order valence-corrected chi connectivity index (χ0v) is 17.2. The third kappa shape index (κ3) is 6.08. The number of benzene rings is 2. The van der Waals surface area contributed by atoms with Crippen LogP contribution in [0.4, 0.5) is 13.2 Å². The van der Waals surface area contributed by atoms with Crippen molar-refractivity contribution in [3.8, 4) is 11.4 Å². The normalized spacial score (nSPS) is 11.5. The van der Waals surface area contributed by atoms with Gasteiger partial charge in [0.25, 0.3) is 5.91 Å². The number of halogens is 3. The van der Waals surface area contributed by atoms with Crippen LogP contribution in [0.15, 0.2) is 60.8 Å². The quantitative estimate of drug-likeness (QED) is 0.589. The van der Waals surface area contributed by atoms with Gasteiger partial charge in [-0.1, -0.05) is 18.2 Å². The van der Waals surface area contributed by atoms with Crippen LogP contribution in [0.25, 0.3) is 5.69 Å². The molecule has 0 aliphatic rings. The summed E-state index contributed by atoms with van der Waals surface area (Å²) in [5.41, 5.74) is 0.688. The monoisotopic (exact) mass is 432 g/mol. The molecule has 0 aliphatic carbocycles. The van der Waals surface area contributed by atoms with Gasteiger partial charge in [-0.15, -0.1) is 0 Å². The molecule has 0 saturated carbocycles. The van der Waals surface area contributed by atoms with Crippen LogP contribution >= 0.6 is 0 Å². The molecular formula is C22H23F3N4O2. The molecule has 0 fully saturated rings. The minimum Gasteiger partial charge on any atom is -0.492 e. The van der Waals surface area contributed by atoms with E-state index < -0.39 is 11.9 Å². The first-order valence-electron chi connectivity index (χ1n) is 9.61. The standard InChI is InChI=1S/C22H23F3N4O2/c1-28(2)13-14-31-19-6-4-3-5-17(19)15-26-21(30)16-7-9-18(10-8-16)29-12-11-20(27-29)22(23,24)25/h3-12H,13-15H2,1-2H3,(H,26,30). The number of alkyl halides is 3. The van der Waals surface area contributed by atoms with Gasteiger partial charge in [0.2, 0.25) is 0 Å². The minimum absolute atomic E-state index is 0.285. The summed E-state index contributed by atoms with van der Waals surface area (Å²) < 4.78 is 45.0. The summed E-state index contributed by atoms with van der Waals surface area (Å²) >= 11 is 0. The number of carbonyl (C=O) groups excluding carboxylic acids is 1. The van der Waals surface area contributed by atoms with Crippen LogP contribution < -0.4 is 10.1 Å². The summed E-state index contributed by atoms with van der Waals surface area (Å²) in [5, 5.41) is 6.36. The number of para-hydroxylation sites is 1. The Balaban J connectivity index is 1.61. The van der Waals surface area contributed by atoms with Crippen LogP contribution in [-0.4, -0.2) is 47.8 Å². The van der Waals surface area contributed by atoms with Gasteiger partial charge in [-0.2, -0.15) is 18.3 Å². The highest BCUT2D eigenvalue weighted by Crippen LogP contribution is 2.28. The third-order valence-corrected chi connectivity index (χ3v) is 4.48. The van der Waals surface area contributed by atoms with Crippen LogP contribution in [0.1, 0.15) is 21.6 Å². The molecule has 3 aromatic rings. The molecule has 0 unspecified atom stereocenters. The molecule has 0 saturated heterocycles. The fourth-order valence-electron chi connectivity index (χ4n) is 2.79. The van der Waals surface area contributed by atoms with Crippen LogP contribution in [0, 0.1) is 0 Å². The topological polar surface area (TPSA) is 59.4 Å². The van der Waals surface area contributed by atoms with Gasteiger partial charge in [0.1, 0.15) is 12.4 Å². The molecule has 31 heavy (non-hydrogen) atoms. The highest BCUT2D eigenvalue weighted by Gasteiger charge is 2.33. The molecule has 0 bridgehead atoms. The van der Waals surface area contributed by atoms with Crippen molar-refractivity contribution in [2.45, 2.75) is 12.7 Å². The fourth-order valence-corrected chi connectivity index (χ4v) is 2.79. The highest BCUT2D eigenvalue weighted by molar-refractivity contribution is 5.94. The Bertz CT molecular complexity index is 1010. The smallest absolute Gasteiger partial charge is 0.435 e. The molecule has 164 valence electrons. The fraction of sp³-hybridized carbons (Fsp3) is 0.273. The number of ether oxygens (including phenoxy) is 1. The second-order valence-electron chi connectivity index (χ2n) is 7.13. The molecule has 9 heteroatoms. The molecule has 0 atom stereocenters. The number of likely N-dealkylation sites (N-methyl/N-ethyl adjacent to an activating group) is 1. The SMILES string of the molecule is CN(C)CCOc1ccccc1CNC(=O)c1ccc(-n2ccc(C(F)(F)F)n2)cc1. The summed E-state index contributed by atoms with van der Waals surface area (Å²) in [5.74, 6) is 0.408. The Morgan fingerprint density at radius 2 is 1.81 bits per heavy atom. The maximum absolute atomic E-state index is 12.7. The van der Waals surface area contributed by atoms with Crippen LogP contribution in [0.2, 0.25) is 0 Å². The van der Waals surface area contributed by atoms with Crippen molar-refractivity contribution in [2.24, 2.45) is 0 Å². The van der Waals surface area contributed by atoms with Gasteiger partial charge in [-0.3, -0.25) is 4.79 Å². The van der Waals surface area contributed by atoms with Crippen LogP contribution in [-0.2, 0) is 12.7 Å². The van der Waals surface area contributed by atoms with Crippen molar-refractivity contribution < 1.29 is 22.7 Å². The lowest BCUT2D eigenvalue weighted by atomic mass is 10.1. The molecule has 1 heterocycles. The van der Waals surface area contributed by atoms with Gasteiger partial charge in [0.15, 0.2) is 5.69 Å². The molecule has 1 N–H and O–H groups in total. The minimum atomic E-state index is -4.50. The Morgan fingerprint density at radius 3 is 2.45 bits per heavy atom. The first-order chi connectivity index (χ1) is 14.7. The van der Waals surface area contributed by atoms with Crippen molar-refractivity contribution in [2.75, 3.05) is 27.2 Å². The third-order valence-electron chi connectivity index (χ3n) is 4.48. The first kappa shape index (κ1) is 22.4. The van der Waals surface area contributed by atoms with Crippen molar-refractivity contribution in [3.05, 3.63) is 77.6 Å². The Morgan fingerprint density at radius 1 is 1.10 bits per heavy atom. The van der Waals surface area contributed by atoms with E-state index in [1.165, 1.54) is 6.20 Å². The van der Waals surface area contributed by atoms with E-state index in [1.807, 2.05) is 43.3 Å². The number of aromatic nitrogens is 2. The number of nitrogens with zero attached hydrogens (tertiary/aromatic N) is 3. The number of hydrogen-bond donors (Lipinski definition) is 1. The van der Waals surface area contributed by atoms with E-state index in [0.717, 1.165) is 22.9 Å². The maximum atomic E-state index is 12.7. The number of amides is 1. The molecule has 6 nitrogen and oxygen atoms in total. The van der Waals surface area contributed by atoms with Gasteiger partial charge in [-0.05, 0) is 50.5 Å². The summed E-state index contributed by atoms with van der Waals surface area (Å²) in [7, 11) is 3.92. The van der Waals surface area contributed by atoms with Gasteiger partial charge < -0.3 is 15.0 Å². The molecule has 2 aromatic carbocycles. The summed E-state index contributed by atoms with van der Waals surface area (Å²) in [4.78, 5) is 14.5. The Labute approximate surface area is 178 Å². The van der Waals surface area contributed by atoms with Crippen molar-refractivity contribution in [3.63, 3.8) is 0 Å². The van der Waals surface area contributed by atoms with Crippen LogP contribution in [0.3, 0.4) is 0 Å². The number of carbonyl (C=O) groups is 1. The second-order valence-corrected chi connectivity index (χ2v) is 7.13. The van der Waals surface area contributed by atoms with E-state index in [0.29, 0.717) is 23.6 Å². The highest BCUT2D eigenvalue weighted by atomic mass is 19.4. The predicted molar refractivity (Wildman–Crippen MR) is 110 cm³/mol.